The van der Waals surface area contributed by atoms with Gasteiger partial charge in [0, 0.05) is 87.1 Å². The monoisotopic (exact) mass is 2000 g/mol. The largest absolute Gasteiger partial charge is 0.481 e. The van der Waals surface area contributed by atoms with E-state index in [4.69, 9.17) is 34.2 Å². The van der Waals surface area contributed by atoms with Gasteiger partial charge in [-0.3, -0.25) is 66.7 Å². The van der Waals surface area contributed by atoms with E-state index >= 15 is 28.8 Å². The molecule has 0 spiro atoms. The number of nitrogens with two attached hydrogens (primary N) is 1. The number of rotatable bonds is 47. The number of nitrogens with zero attached hydrogens (tertiary/aromatic N) is 2. The Morgan fingerprint density at radius 3 is 1.11 bits per heavy atom. The average molecular weight is 2000 g/mol. The Balaban J connectivity index is 1.73. The molecule has 1 saturated carbocycles. The van der Waals surface area contributed by atoms with Crippen molar-refractivity contribution in [3.05, 3.63) is 83.3 Å². The van der Waals surface area contributed by atoms with Crippen molar-refractivity contribution in [1.82, 2.24) is 78.3 Å². The number of carboxylic acids is 2. The van der Waals surface area contributed by atoms with Crippen LogP contribution in [-0.2, 0) is 104 Å². The fourth-order valence-corrected chi connectivity index (χ4v) is 15.4. The quantitative estimate of drug-likeness (QED) is 0.00851. The van der Waals surface area contributed by atoms with Gasteiger partial charge < -0.3 is 113 Å². The van der Waals surface area contributed by atoms with Gasteiger partial charge in [-0.1, -0.05) is 77.9 Å². The van der Waals surface area contributed by atoms with Crippen LogP contribution in [0.25, 0.3) is 21.8 Å². The first-order valence-corrected chi connectivity index (χ1v) is 48.2. The summed E-state index contributed by atoms with van der Waals surface area (Å²) in [5, 5.41) is 55.1. The molecule has 0 aliphatic heterocycles. The van der Waals surface area contributed by atoms with Gasteiger partial charge in [0.05, 0.1) is 34.4 Å². The molecule has 17 N–H and O–H groups in total. The van der Waals surface area contributed by atoms with Crippen LogP contribution < -0.4 is 74.9 Å². The summed E-state index contributed by atoms with van der Waals surface area (Å²) in [7, 11) is 0. The molecule has 42 nitrogen and oxygen atoms in total. The molecular weight excluding hydrogens is 1840 g/mol. The number of carboxylic acid groups (broad SMARTS) is 2. The zero-order valence-corrected chi connectivity index (χ0v) is 87.2. The van der Waals surface area contributed by atoms with Crippen molar-refractivity contribution in [1.29, 1.82) is 0 Å². The maximum absolute atomic E-state index is 15.9. The summed E-state index contributed by atoms with van der Waals surface area (Å²) in [6.45, 7) is 41.9. The summed E-state index contributed by atoms with van der Waals surface area (Å²) in [6.07, 6.45) is -6.42. The lowest BCUT2D eigenvalue weighted by molar-refractivity contribution is -0.143. The summed E-state index contributed by atoms with van der Waals surface area (Å²) in [4.78, 5) is 257. The number of aliphatic carboxylic acids is 2. The highest BCUT2D eigenvalue weighted by atomic mass is 16.6. The van der Waals surface area contributed by atoms with Gasteiger partial charge in [0.25, 0.3) is 0 Å². The number of hydrogen-bond donors (Lipinski definition) is 16. The van der Waals surface area contributed by atoms with Crippen LogP contribution in [0.4, 0.5) is 24.0 Å². The van der Waals surface area contributed by atoms with Crippen molar-refractivity contribution in [2.45, 2.75) is 370 Å². The Hall–Kier alpha value is -12.8. The summed E-state index contributed by atoms with van der Waals surface area (Å²) in [6, 6.07) is -3.79. The van der Waals surface area contributed by atoms with E-state index in [0.717, 1.165) is 0 Å². The van der Waals surface area contributed by atoms with Gasteiger partial charge in [0.1, 0.15) is 82.4 Å². The number of nitrogens with one attached hydrogen (secondary N) is 13. The van der Waals surface area contributed by atoms with Crippen LogP contribution >= 0.6 is 0 Å². The number of allylic oxidation sites excluding steroid dienone is 2. The highest BCUT2D eigenvalue weighted by molar-refractivity contribution is 6.22. The second kappa shape index (κ2) is 52.3. The number of alkyl carbamates (subject to hydrolysis) is 3. The molecule has 0 bridgehead atoms. The number of para-hydroxylation sites is 2. The molecule has 2 heterocycles. The minimum absolute atomic E-state index is 0.00366. The maximum atomic E-state index is 15.9. The number of aromatic nitrogens is 2. The predicted molar refractivity (Wildman–Crippen MR) is 528 cm³/mol. The van der Waals surface area contributed by atoms with Crippen molar-refractivity contribution in [2.75, 3.05) is 26.2 Å². The maximum Gasteiger partial charge on any atom is 0.419 e. The van der Waals surface area contributed by atoms with E-state index in [9.17, 15) is 67.7 Å². The first-order chi connectivity index (χ1) is 65.5. The molecule has 1 aliphatic rings. The van der Waals surface area contributed by atoms with Crippen molar-refractivity contribution in [2.24, 2.45) is 23.0 Å². The highest BCUT2D eigenvalue weighted by Crippen LogP contribution is 2.35. The number of ether oxygens (including phenoxy) is 6. The van der Waals surface area contributed by atoms with Gasteiger partial charge in [-0.2, -0.15) is 0 Å². The fraction of sp³-hybridized carbons (Fsp3) is 0.640. The van der Waals surface area contributed by atoms with Crippen molar-refractivity contribution < 1.29 is 125 Å². The van der Waals surface area contributed by atoms with Crippen LogP contribution in [0.1, 0.15) is 268 Å². The van der Waals surface area contributed by atoms with Crippen LogP contribution in [0.5, 0.6) is 0 Å². The molecule has 12 amide bonds. The Morgan fingerprint density at radius 2 is 0.732 bits per heavy atom. The van der Waals surface area contributed by atoms with E-state index < -0.39 is 259 Å². The van der Waals surface area contributed by atoms with Gasteiger partial charge >= 0.3 is 42.4 Å². The average Bonchev–Trinajstić information content (AvgIpc) is 1.63. The Morgan fingerprint density at radius 1 is 0.394 bits per heavy atom. The van der Waals surface area contributed by atoms with Crippen molar-refractivity contribution in [3.63, 3.8) is 0 Å². The van der Waals surface area contributed by atoms with Crippen molar-refractivity contribution >= 4 is 129 Å². The SMILES string of the molecule is CC(NCCCC[C@H](NC(=O)[C@H](NC(=O)[C@H](Cc1cn(C(=O)OC(C)(C)C)c2ccccc12)NC(=O)[C@@H](N)CCNC(=O)OC(C)(C)C)[C@H](C)OC(C)(C)C)C(=O)N[C@@H](CCNC(=O)OC(C)(C)C)C(=O)N[C@@H](CCNC(=O)OC(C)(C)C)C(=O)N[C@@H](Cc1cn(C(=O)OC(C)(C)C)c2ccccc12)C(=O)N[C@H](CC(C)C)C(=O)N[C@H](CC(C)C)C(=O)N[C@@H](CCC(=O)O)C(=O)O)=C1C(=O)CC(C)(C)CC1=O. The van der Waals surface area contributed by atoms with Gasteiger partial charge in [-0.05, 0) is 237 Å². The first kappa shape index (κ1) is 120. The van der Waals surface area contributed by atoms with Crippen LogP contribution in [-0.4, -0.2) is 253 Å². The Labute approximate surface area is 830 Å². The van der Waals surface area contributed by atoms with Crippen LogP contribution in [0.3, 0.4) is 0 Å². The van der Waals surface area contributed by atoms with E-state index in [2.05, 4.69) is 69.1 Å². The minimum Gasteiger partial charge on any atom is -0.481 e. The van der Waals surface area contributed by atoms with Crippen LogP contribution in [0.15, 0.2) is 72.2 Å². The Bertz CT molecular complexity index is 5160. The topological polar surface area (TPSA) is 595 Å². The van der Waals surface area contributed by atoms with Gasteiger partial charge in [-0.25, -0.2) is 28.8 Å². The number of ketones is 2. The summed E-state index contributed by atoms with van der Waals surface area (Å²) >= 11 is 0. The van der Waals surface area contributed by atoms with Gasteiger partial charge in [-0.15, -0.1) is 0 Å². The predicted octanol–water partition coefficient (Wildman–Crippen LogP) is 8.62. The molecule has 5 rings (SSSR count). The molecule has 4 aromatic rings. The molecule has 2 aromatic carbocycles. The van der Waals surface area contributed by atoms with E-state index in [0.29, 0.717) is 27.5 Å². The molecule has 142 heavy (non-hydrogen) atoms. The minimum atomic E-state index is -1.89. The van der Waals surface area contributed by atoms with E-state index in [1.165, 1.54) is 28.5 Å². The number of benzene rings is 2. The third-order valence-electron chi connectivity index (χ3n) is 21.5. The number of carbonyl (C=O) groups excluding carboxylic acids is 16. The normalized spacial score (nSPS) is 15.4. The lowest BCUT2D eigenvalue weighted by Crippen LogP contribution is -2.62. The second-order valence-corrected chi connectivity index (χ2v) is 43.4. The summed E-state index contributed by atoms with van der Waals surface area (Å²) in [5.74, 6) is -13.9. The number of amides is 12. The van der Waals surface area contributed by atoms with E-state index in [-0.39, 0.29) is 98.6 Å². The molecule has 790 valence electrons. The highest BCUT2D eigenvalue weighted by Gasteiger charge is 2.42. The third kappa shape index (κ3) is 41.8. The third-order valence-corrected chi connectivity index (χ3v) is 21.5. The molecule has 0 radical (unpaired) electrons. The molecule has 11 atom stereocenters. The zero-order valence-electron chi connectivity index (χ0n) is 87.2. The van der Waals surface area contributed by atoms with Gasteiger partial charge in [0.2, 0.25) is 53.2 Å². The molecule has 1 fully saturated rings. The smallest absolute Gasteiger partial charge is 0.419 e. The van der Waals surface area contributed by atoms with Gasteiger partial charge in [0.15, 0.2) is 11.6 Å². The lowest BCUT2D eigenvalue weighted by atomic mass is 9.73. The molecule has 0 unspecified atom stereocenters. The van der Waals surface area contributed by atoms with Crippen LogP contribution in [0, 0.1) is 17.3 Å². The molecule has 42 heteroatoms. The molecule has 0 saturated heterocycles. The second-order valence-electron chi connectivity index (χ2n) is 43.4. The molecule has 1 aliphatic carbocycles. The number of unbranched alkanes of at least 4 members (excludes halogenated alkanes) is 1. The number of Topliss-reactive ketones (excluding diaryl/α,β-unsaturated/α-hetero) is 2. The Kier molecular flexibility index (Phi) is 44.1. The lowest BCUT2D eigenvalue weighted by Gasteiger charge is -2.33. The number of hydrogen-bond acceptors (Lipinski definition) is 26. The standard InChI is InChI=1S/C100H154N16O26/c1-55(2)47-68(83(125)109-67(88(130)131)38-39-76(119)120)111-84(126)69(48-56(3)4)112-85(127)70(49-59-53-115(92(135)141-98(19,20)21)72-36-29-27-33-61(59)72)113-82(124)66(42-46-105-91(134)140-97(16,17)18)107-81(123)65(41-45-104-90(133)139-96(13,14)15)106-80(122)64(35-31-32-43-102-57(5)77-74(117)51-100(25,26)52-75(77)118)108-87(129)78(58(6)137-94(7,8)9)114-86(128)71(110-79(121)63(101)40-44-103-89(132)138-95(10,11)12)50-60-54-116(93(136)142-99(22,23)24)73-37-30-28-34-62(60)73/h27-30,33-34,36-37,53-56,58,63-71,78,102H,31-32,35,38-52,101H2,1-26H3,(H,103,132)(H,104,133)(H,105,134)(H,106,122)(H,107,123)(H,108,129)(H,109,125)(H,110,121)(H,111,126)(H,112,127)(H,113,124)(H,114,128)(H,119,120)(H,130,131)/t58-,63-,64-,65-,66-,67-,68+,69+,70-,71-,78+/m0/s1. The van der Waals surface area contributed by atoms with E-state index in [1.54, 1.807) is 208 Å². The van der Waals surface area contributed by atoms with Crippen LogP contribution in [0.2, 0.25) is 0 Å². The van der Waals surface area contributed by atoms with Crippen molar-refractivity contribution in [3.8, 4) is 0 Å². The fourth-order valence-electron chi connectivity index (χ4n) is 15.4. The number of carbonyl (C=O) groups is 18. The van der Waals surface area contributed by atoms with E-state index in [1.807, 2.05) is 13.8 Å². The molecular formula is C100H154N16O26. The summed E-state index contributed by atoms with van der Waals surface area (Å²) in [5.41, 5.74) is 1.27. The number of fused-ring (bicyclic) bond motifs is 2. The molecule has 2 aromatic heterocycles. The summed E-state index contributed by atoms with van der Waals surface area (Å²) < 4.78 is 36.8. The zero-order chi connectivity index (χ0) is 107. The first-order valence-electron chi connectivity index (χ1n) is 48.2.